The lowest BCUT2D eigenvalue weighted by Gasteiger charge is -2.05. The molecule has 1 aliphatic heterocycles. The molecule has 1 fully saturated rings. The molecule has 1 amide bonds. The van der Waals surface area contributed by atoms with Crippen LogP contribution in [0.1, 0.15) is 12.0 Å². The molecule has 4 heteroatoms. The van der Waals surface area contributed by atoms with Crippen LogP contribution in [0.5, 0.6) is 0 Å². The largest absolute Gasteiger partial charge is 0.326 e. The Morgan fingerprint density at radius 2 is 2.29 bits per heavy atom. The van der Waals surface area contributed by atoms with Gasteiger partial charge >= 0.3 is 0 Å². The number of anilines is 1. The Morgan fingerprint density at radius 1 is 1.57 bits per heavy atom. The van der Waals surface area contributed by atoms with Gasteiger partial charge in [0.2, 0.25) is 5.91 Å². The van der Waals surface area contributed by atoms with E-state index >= 15 is 0 Å². The quantitative estimate of drug-likeness (QED) is 0.733. The van der Waals surface area contributed by atoms with Crippen LogP contribution in [-0.4, -0.2) is 11.9 Å². The molecule has 1 spiro atoms. The fourth-order valence-electron chi connectivity index (χ4n) is 2.23. The average Bonchev–Trinajstić information content (AvgIpc) is 2.73. The molecule has 3 N–H and O–H groups in total. The second-order valence-electron chi connectivity index (χ2n) is 3.90. The van der Waals surface area contributed by atoms with E-state index in [0.29, 0.717) is 0 Å². The van der Waals surface area contributed by atoms with Crippen LogP contribution >= 0.6 is 15.9 Å². The maximum atomic E-state index is 11.8. The smallest absolute Gasteiger partial charge is 0.236 e. The molecule has 1 heterocycles. The van der Waals surface area contributed by atoms with Gasteiger partial charge in [-0.05, 0) is 34.0 Å². The van der Waals surface area contributed by atoms with Crippen molar-refractivity contribution in [2.24, 2.45) is 5.73 Å². The molecule has 3 rings (SSSR count). The molecule has 3 nitrogen and oxygen atoms in total. The molecule has 0 radical (unpaired) electrons. The number of fused-ring (bicyclic) bond motifs is 2. The van der Waals surface area contributed by atoms with Gasteiger partial charge in [0.15, 0.2) is 0 Å². The van der Waals surface area contributed by atoms with E-state index in [1.165, 1.54) is 0 Å². The van der Waals surface area contributed by atoms with Crippen molar-refractivity contribution < 1.29 is 4.79 Å². The number of para-hydroxylation sites is 1. The molecule has 2 atom stereocenters. The summed E-state index contributed by atoms with van der Waals surface area (Å²) in [7, 11) is 0. The molecule has 2 unspecified atom stereocenters. The van der Waals surface area contributed by atoms with Gasteiger partial charge in [0, 0.05) is 10.5 Å². The van der Waals surface area contributed by atoms with Gasteiger partial charge in [0.25, 0.3) is 0 Å². The van der Waals surface area contributed by atoms with Crippen molar-refractivity contribution in [3.05, 3.63) is 28.2 Å². The molecule has 72 valence electrons. The van der Waals surface area contributed by atoms with E-state index in [1.54, 1.807) is 0 Å². The number of hydrogen-bond acceptors (Lipinski definition) is 2. The summed E-state index contributed by atoms with van der Waals surface area (Å²) in [5.74, 6) is 0.0481. The predicted molar refractivity (Wildman–Crippen MR) is 57.0 cm³/mol. The molecule has 0 saturated heterocycles. The third-order valence-electron chi connectivity index (χ3n) is 3.15. The maximum Gasteiger partial charge on any atom is 0.236 e. The highest BCUT2D eigenvalue weighted by atomic mass is 79.9. The number of rotatable bonds is 0. The first kappa shape index (κ1) is 8.44. The third-order valence-corrected chi connectivity index (χ3v) is 3.81. The summed E-state index contributed by atoms with van der Waals surface area (Å²) in [4.78, 5) is 11.8. The zero-order valence-electron chi connectivity index (χ0n) is 7.38. The molecule has 0 aromatic heterocycles. The normalized spacial score (nSPS) is 33.0. The van der Waals surface area contributed by atoms with E-state index < -0.39 is 5.41 Å². The fraction of sp³-hybridized carbons (Fsp3) is 0.300. The van der Waals surface area contributed by atoms with E-state index in [2.05, 4.69) is 21.2 Å². The second kappa shape index (κ2) is 2.38. The SMILES string of the molecule is NC1CC12C(=O)Nc1c(Br)cccc12. The number of amides is 1. The first-order valence-electron chi connectivity index (χ1n) is 4.52. The fourth-order valence-corrected chi connectivity index (χ4v) is 2.69. The molecule has 2 aliphatic rings. The monoisotopic (exact) mass is 252 g/mol. The van der Waals surface area contributed by atoms with E-state index in [4.69, 9.17) is 5.73 Å². The first-order chi connectivity index (χ1) is 6.66. The molecule has 1 aromatic carbocycles. The van der Waals surface area contributed by atoms with Crippen LogP contribution in [0.25, 0.3) is 0 Å². The summed E-state index contributed by atoms with van der Waals surface area (Å²) >= 11 is 3.42. The van der Waals surface area contributed by atoms with Crippen molar-refractivity contribution >= 4 is 27.5 Å². The Hall–Kier alpha value is -0.870. The first-order valence-corrected chi connectivity index (χ1v) is 5.31. The van der Waals surface area contributed by atoms with Crippen molar-refractivity contribution in [3.8, 4) is 0 Å². The summed E-state index contributed by atoms with van der Waals surface area (Å²) in [5, 5.41) is 2.88. The van der Waals surface area contributed by atoms with Crippen LogP contribution in [0.2, 0.25) is 0 Å². The van der Waals surface area contributed by atoms with Crippen molar-refractivity contribution in [3.63, 3.8) is 0 Å². The molecular weight excluding hydrogens is 244 g/mol. The Balaban J connectivity index is 2.24. The number of nitrogens with one attached hydrogen (secondary N) is 1. The number of carbonyl (C=O) groups excluding carboxylic acids is 1. The molecule has 1 aromatic rings. The van der Waals surface area contributed by atoms with E-state index in [-0.39, 0.29) is 11.9 Å². The number of carbonyl (C=O) groups is 1. The Bertz CT molecular complexity index is 446. The summed E-state index contributed by atoms with van der Waals surface area (Å²) in [5.41, 5.74) is 7.36. The Morgan fingerprint density at radius 3 is 2.93 bits per heavy atom. The van der Waals surface area contributed by atoms with Crippen LogP contribution in [0, 0.1) is 0 Å². The van der Waals surface area contributed by atoms with Gasteiger partial charge in [-0.25, -0.2) is 0 Å². The highest BCUT2D eigenvalue weighted by molar-refractivity contribution is 9.10. The van der Waals surface area contributed by atoms with Gasteiger partial charge in [-0.15, -0.1) is 0 Å². The van der Waals surface area contributed by atoms with Crippen LogP contribution < -0.4 is 11.1 Å². The van der Waals surface area contributed by atoms with Gasteiger partial charge in [0.1, 0.15) is 0 Å². The second-order valence-corrected chi connectivity index (χ2v) is 4.75. The highest BCUT2D eigenvalue weighted by Gasteiger charge is 2.63. The summed E-state index contributed by atoms with van der Waals surface area (Å²) in [6.45, 7) is 0. The molecule has 1 saturated carbocycles. The maximum absolute atomic E-state index is 11.8. The lowest BCUT2D eigenvalue weighted by molar-refractivity contribution is -0.118. The van der Waals surface area contributed by atoms with Crippen LogP contribution in [0.4, 0.5) is 5.69 Å². The van der Waals surface area contributed by atoms with Gasteiger partial charge in [0.05, 0.1) is 11.1 Å². The number of nitrogens with two attached hydrogens (primary N) is 1. The summed E-state index contributed by atoms with van der Waals surface area (Å²) < 4.78 is 0.930. The standard InChI is InChI=1S/C10H9BrN2O/c11-6-3-1-2-5-8(6)13-9(14)10(5)4-7(10)12/h1-3,7H,4,12H2,(H,13,14). The third kappa shape index (κ3) is 0.786. The minimum Gasteiger partial charge on any atom is -0.326 e. The summed E-state index contributed by atoms with van der Waals surface area (Å²) in [6.07, 6.45) is 0.766. The number of hydrogen-bond donors (Lipinski definition) is 2. The Labute approximate surface area is 89.8 Å². The van der Waals surface area contributed by atoms with Gasteiger partial charge in [-0.1, -0.05) is 12.1 Å². The van der Waals surface area contributed by atoms with Gasteiger partial charge < -0.3 is 11.1 Å². The zero-order valence-corrected chi connectivity index (χ0v) is 8.97. The topological polar surface area (TPSA) is 55.1 Å². The van der Waals surface area contributed by atoms with Gasteiger partial charge in [-0.3, -0.25) is 4.79 Å². The van der Waals surface area contributed by atoms with Gasteiger partial charge in [-0.2, -0.15) is 0 Å². The van der Waals surface area contributed by atoms with E-state index in [0.717, 1.165) is 22.1 Å². The van der Waals surface area contributed by atoms with Crippen molar-refractivity contribution in [2.75, 3.05) is 5.32 Å². The average molecular weight is 253 g/mol. The lowest BCUT2D eigenvalue weighted by atomic mass is 9.97. The number of halogens is 1. The number of benzene rings is 1. The van der Waals surface area contributed by atoms with Crippen LogP contribution in [0.15, 0.2) is 22.7 Å². The minimum atomic E-state index is -0.418. The molecular formula is C10H9BrN2O. The predicted octanol–water partition coefficient (Wildman–Crippen LogP) is 1.37. The zero-order chi connectivity index (χ0) is 9.92. The molecule has 14 heavy (non-hydrogen) atoms. The lowest BCUT2D eigenvalue weighted by Crippen LogP contribution is -2.26. The minimum absolute atomic E-state index is 0.0157. The van der Waals surface area contributed by atoms with Crippen LogP contribution in [0.3, 0.4) is 0 Å². The molecule has 1 aliphatic carbocycles. The van der Waals surface area contributed by atoms with E-state index in [1.807, 2.05) is 18.2 Å². The van der Waals surface area contributed by atoms with E-state index in [9.17, 15) is 4.79 Å². The van der Waals surface area contributed by atoms with Crippen LogP contribution in [-0.2, 0) is 10.2 Å². The summed E-state index contributed by atoms with van der Waals surface area (Å²) in [6, 6.07) is 5.82. The van der Waals surface area contributed by atoms with Crippen molar-refractivity contribution in [1.82, 2.24) is 0 Å². The van der Waals surface area contributed by atoms with Crippen molar-refractivity contribution in [1.29, 1.82) is 0 Å². The molecule has 0 bridgehead atoms. The highest BCUT2D eigenvalue weighted by Crippen LogP contribution is 2.55. The van der Waals surface area contributed by atoms with Crippen molar-refractivity contribution in [2.45, 2.75) is 17.9 Å². The Kier molecular flexibility index (Phi) is 1.43.